The molecule has 0 N–H and O–H groups in total. The van der Waals surface area contributed by atoms with Gasteiger partial charge in [0.2, 0.25) is 0 Å². The number of allylic oxidation sites excluding steroid dienone is 2. The average Bonchev–Trinajstić information content (AvgIpc) is 3.62. The Bertz CT molecular complexity index is 1830. The van der Waals surface area contributed by atoms with Crippen LogP contribution in [-0.4, -0.2) is 0 Å². The third-order valence-corrected chi connectivity index (χ3v) is 13.2. The Hall–Kier alpha value is -3.64. The van der Waals surface area contributed by atoms with Gasteiger partial charge in [0.05, 0.1) is 0 Å². The highest BCUT2D eigenvalue weighted by atomic mass is 14.7. The van der Waals surface area contributed by atoms with Gasteiger partial charge in [0.25, 0.3) is 0 Å². The second-order valence-electron chi connectivity index (χ2n) is 17.4. The van der Waals surface area contributed by atoms with Crippen LogP contribution in [0, 0.1) is 37.0 Å². The highest BCUT2D eigenvalue weighted by molar-refractivity contribution is 5.83. The van der Waals surface area contributed by atoms with Gasteiger partial charge in [-0.05, 0) is 128 Å². The summed E-state index contributed by atoms with van der Waals surface area (Å²) >= 11 is 0. The summed E-state index contributed by atoms with van der Waals surface area (Å²) < 4.78 is 0. The van der Waals surface area contributed by atoms with Crippen LogP contribution in [0.5, 0.6) is 0 Å². The number of benzene rings is 4. The zero-order chi connectivity index (χ0) is 39.8. The van der Waals surface area contributed by atoms with E-state index in [1.54, 1.807) is 16.7 Å². The number of hydrogen-bond acceptors (Lipinski definition) is 0. The lowest BCUT2D eigenvalue weighted by Gasteiger charge is -2.43. The Morgan fingerprint density at radius 1 is 0.722 bits per heavy atom. The lowest BCUT2D eigenvalue weighted by atomic mass is 9.61. The summed E-state index contributed by atoms with van der Waals surface area (Å²) in [6, 6.07) is 30.2. The molecule has 4 aromatic rings. The molecule has 3 aliphatic rings. The van der Waals surface area contributed by atoms with Crippen LogP contribution in [-0.2, 0) is 11.8 Å². The predicted molar refractivity (Wildman–Crippen MR) is 242 cm³/mol. The smallest absolute Gasteiger partial charge is 0.00762 e. The van der Waals surface area contributed by atoms with Crippen molar-refractivity contribution in [2.75, 3.05) is 0 Å². The second-order valence-corrected chi connectivity index (χ2v) is 17.4. The van der Waals surface area contributed by atoms with Crippen molar-refractivity contribution in [3.05, 3.63) is 137 Å². The van der Waals surface area contributed by atoms with Gasteiger partial charge in [0, 0.05) is 5.92 Å². The number of aryl methyl sites for hydroxylation is 3. The van der Waals surface area contributed by atoms with Crippen molar-refractivity contribution >= 4 is 5.57 Å². The molecule has 0 nitrogen and oxygen atoms in total. The minimum absolute atomic E-state index is 0.183. The van der Waals surface area contributed by atoms with Gasteiger partial charge in [0.15, 0.2) is 0 Å². The fourth-order valence-electron chi connectivity index (χ4n) is 9.42. The molecule has 0 spiro atoms. The molecule has 54 heavy (non-hydrogen) atoms. The van der Waals surface area contributed by atoms with E-state index >= 15 is 0 Å². The molecule has 0 heterocycles. The Balaban J connectivity index is 0.000000526. The molecule has 0 radical (unpaired) electrons. The van der Waals surface area contributed by atoms with E-state index in [1.807, 2.05) is 0 Å². The van der Waals surface area contributed by atoms with E-state index in [4.69, 9.17) is 0 Å². The summed E-state index contributed by atoms with van der Waals surface area (Å²) in [7, 11) is 0. The first-order valence-electron chi connectivity index (χ1n) is 21.5. The highest BCUT2D eigenvalue weighted by Crippen LogP contribution is 2.74. The van der Waals surface area contributed by atoms with E-state index in [0.29, 0.717) is 17.8 Å². The summed E-state index contributed by atoms with van der Waals surface area (Å²) in [6.45, 7) is 34.0. The molecule has 3 aliphatic carbocycles. The predicted octanol–water partition coefficient (Wildman–Crippen LogP) is 16.5. The first-order valence-corrected chi connectivity index (χ1v) is 21.5. The van der Waals surface area contributed by atoms with Crippen LogP contribution in [0.25, 0.3) is 27.8 Å². The molecule has 4 aromatic carbocycles. The van der Waals surface area contributed by atoms with E-state index in [0.717, 1.165) is 5.92 Å². The number of fused-ring (bicyclic) bond motifs is 3. The molecular weight excluding hydrogens is 649 g/mol. The molecule has 0 heteroatoms. The van der Waals surface area contributed by atoms with Crippen molar-refractivity contribution in [1.82, 2.24) is 0 Å². The summed E-state index contributed by atoms with van der Waals surface area (Å²) in [5.74, 6) is 2.52. The van der Waals surface area contributed by atoms with Crippen LogP contribution in [0.3, 0.4) is 0 Å². The average molecular weight is 723 g/mol. The molecule has 290 valence electrons. The monoisotopic (exact) mass is 723 g/mol. The van der Waals surface area contributed by atoms with Crippen molar-refractivity contribution < 1.29 is 0 Å². The normalized spacial score (nSPS) is 22.9. The van der Waals surface area contributed by atoms with Gasteiger partial charge in [-0.3, -0.25) is 0 Å². The van der Waals surface area contributed by atoms with Crippen molar-refractivity contribution in [3.8, 4) is 22.3 Å². The zero-order valence-corrected chi connectivity index (χ0v) is 36.5. The fraction of sp³-hybridized carbons (Fsp3) is 0.481. The van der Waals surface area contributed by atoms with E-state index in [-0.39, 0.29) is 10.8 Å². The lowest BCUT2D eigenvalue weighted by molar-refractivity contribution is 0.283. The third kappa shape index (κ3) is 8.59. The topological polar surface area (TPSA) is 0 Å². The van der Waals surface area contributed by atoms with E-state index in [2.05, 4.69) is 181 Å². The van der Waals surface area contributed by atoms with E-state index < -0.39 is 0 Å². The van der Waals surface area contributed by atoms with Gasteiger partial charge < -0.3 is 0 Å². The van der Waals surface area contributed by atoms with Crippen LogP contribution >= 0.6 is 0 Å². The van der Waals surface area contributed by atoms with Gasteiger partial charge in [-0.2, -0.15) is 0 Å². The standard InChI is InChI=1S/C43H48.C5H12.C4H10.C2H4/c1-8-9-11-15-31-20-21-34-30(5)40-35(36(34)25-31)18-14-19-38(40)42(6)26-43(42,7)41-29(4)24-37(41)39-27(2)22-33(23-28(39)3)32-16-12-10-13-17-32;1-4-5(2)3;1-3-4-2;1-2/h10,12-14,16-25,29-30,41H,8-9,11,15,26H2,1-7H3;5H,4H2,1-3H3;3-4H2,1-2H3;1-2H2/t29?,30?,41?,42?,43-;;;/m0.../s1. The molecule has 0 saturated heterocycles. The molecule has 5 atom stereocenters. The van der Waals surface area contributed by atoms with Crippen LogP contribution < -0.4 is 0 Å². The van der Waals surface area contributed by atoms with E-state index in [1.165, 1.54) is 101 Å². The van der Waals surface area contributed by atoms with Crippen LogP contribution in [0.1, 0.15) is 159 Å². The molecule has 1 fully saturated rings. The Morgan fingerprint density at radius 2 is 1.35 bits per heavy atom. The van der Waals surface area contributed by atoms with Crippen molar-refractivity contribution in [2.45, 2.75) is 146 Å². The van der Waals surface area contributed by atoms with E-state index in [9.17, 15) is 0 Å². The highest BCUT2D eigenvalue weighted by Gasteiger charge is 2.68. The van der Waals surface area contributed by atoms with Gasteiger partial charge in [0.1, 0.15) is 0 Å². The molecule has 0 amide bonds. The third-order valence-electron chi connectivity index (χ3n) is 13.2. The van der Waals surface area contributed by atoms with Crippen molar-refractivity contribution in [1.29, 1.82) is 0 Å². The van der Waals surface area contributed by atoms with Crippen LogP contribution in [0.15, 0.2) is 98.1 Å². The van der Waals surface area contributed by atoms with Crippen LogP contribution in [0.2, 0.25) is 0 Å². The van der Waals surface area contributed by atoms with Crippen molar-refractivity contribution in [2.24, 2.45) is 23.2 Å². The Kier molecular flexibility index (Phi) is 15.0. The maximum absolute atomic E-state index is 3.00. The van der Waals surface area contributed by atoms with Crippen LogP contribution in [0.4, 0.5) is 0 Å². The Morgan fingerprint density at radius 3 is 1.91 bits per heavy atom. The summed E-state index contributed by atoms with van der Waals surface area (Å²) in [4.78, 5) is 0. The summed E-state index contributed by atoms with van der Waals surface area (Å²) in [5, 5.41) is 0. The molecular formula is C54H74. The molecule has 0 aliphatic heterocycles. The van der Waals surface area contributed by atoms with Gasteiger partial charge in [-0.15, -0.1) is 13.2 Å². The fourth-order valence-corrected chi connectivity index (χ4v) is 9.42. The molecule has 0 aromatic heterocycles. The molecule has 7 rings (SSSR count). The maximum atomic E-state index is 3.00. The largest absolute Gasteiger partial charge is 0.106 e. The van der Waals surface area contributed by atoms with Gasteiger partial charge >= 0.3 is 0 Å². The summed E-state index contributed by atoms with van der Waals surface area (Å²) in [5.41, 5.74) is 18.2. The first-order chi connectivity index (χ1) is 25.9. The molecule has 0 bridgehead atoms. The number of unbranched alkanes of at least 4 members (excludes halogenated alkanes) is 3. The second kappa shape index (κ2) is 18.8. The quantitative estimate of drug-likeness (QED) is 0.113. The van der Waals surface area contributed by atoms with Gasteiger partial charge in [-0.25, -0.2) is 0 Å². The zero-order valence-electron chi connectivity index (χ0n) is 36.5. The Labute approximate surface area is 332 Å². The van der Waals surface area contributed by atoms with Gasteiger partial charge in [-0.1, -0.05) is 186 Å². The lowest BCUT2D eigenvalue weighted by Crippen LogP contribution is -2.34. The number of hydrogen-bond donors (Lipinski definition) is 0. The molecule has 1 saturated carbocycles. The first kappa shape index (κ1) is 43.1. The maximum Gasteiger partial charge on any atom is 0.00762 e. The molecule has 4 unspecified atom stereocenters. The number of rotatable bonds is 10. The summed E-state index contributed by atoms with van der Waals surface area (Å²) in [6.07, 6.45) is 12.9. The minimum Gasteiger partial charge on any atom is -0.106 e. The van der Waals surface area contributed by atoms with Crippen molar-refractivity contribution in [3.63, 3.8) is 0 Å². The minimum atomic E-state index is 0.183. The SMILES string of the molecule is C=C.CCC(C)C.CCCC.CCCCCc1ccc2c(c1)-c1cccc(C3(C)C[C@@]3(C)C3C(c4c(C)cc(-c5ccccc5)cc4C)=CC3C)c1C2C.